The smallest absolute Gasteiger partial charge is 0.416 e. The van der Waals surface area contributed by atoms with Crippen LogP contribution in [0.1, 0.15) is 18.1 Å². The molecule has 0 aliphatic rings. The molecule has 0 spiro atoms. The van der Waals surface area contributed by atoms with E-state index in [1.165, 1.54) is 6.92 Å². The number of pyridine rings is 1. The second kappa shape index (κ2) is 5.94. The van der Waals surface area contributed by atoms with Crippen LogP contribution >= 0.6 is 0 Å². The van der Waals surface area contributed by atoms with E-state index in [0.29, 0.717) is 29.4 Å². The molecule has 2 N–H and O–H groups in total. The van der Waals surface area contributed by atoms with Gasteiger partial charge >= 0.3 is 6.18 Å². The summed E-state index contributed by atoms with van der Waals surface area (Å²) in [4.78, 5) is 8.81. The van der Waals surface area contributed by atoms with Gasteiger partial charge in [0.15, 0.2) is 5.65 Å². The first-order valence-electron chi connectivity index (χ1n) is 7.72. The van der Waals surface area contributed by atoms with Gasteiger partial charge in [-0.3, -0.25) is 0 Å². The lowest BCUT2D eigenvalue weighted by Crippen LogP contribution is -2.06. The van der Waals surface area contributed by atoms with Gasteiger partial charge in [0.1, 0.15) is 17.4 Å². The summed E-state index contributed by atoms with van der Waals surface area (Å²) in [5.74, 6) is 0.571. The normalized spacial score (nSPS) is 11.9. The molecule has 0 radical (unpaired) electrons. The molecule has 132 valence electrons. The predicted molar refractivity (Wildman–Crippen MR) is 89.6 cm³/mol. The molecule has 0 fully saturated rings. The Morgan fingerprint density at radius 2 is 1.92 bits per heavy atom. The molecule has 2 aromatic heterocycles. The summed E-state index contributed by atoms with van der Waals surface area (Å²) in [7, 11) is 1.73. The first-order valence-corrected chi connectivity index (χ1v) is 7.72. The van der Waals surface area contributed by atoms with Crippen molar-refractivity contribution in [2.75, 3.05) is 12.4 Å². The van der Waals surface area contributed by atoms with E-state index in [1.807, 2.05) is 17.6 Å². The minimum atomic E-state index is -4.52. The molecule has 0 bridgehead atoms. The number of phenols is 1. The molecule has 0 atom stereocenters. The molecule has 3 aromatic rings. The van der Waals surface area contributed by atoms with Crippen LogP contribution in [0.15, 0.2) is 24.3 Å². The minimum absolute atomic E-state index is 0.277. The van der Waals surface area contributed by atoms with Gasteiger partial charge < -0.3 is 15.0 Å². The second-order valence-electron chi connectivity index (χ2n) is 5.65. The lowest BCUT2D eigenvalue weighted by atomic mass is 10.0. The zero-order chi connectivity index (χ0) is 18.4. The molecule has 5 nitrogen and oxygen atoms in total. The van der Waals surface area contributed by atoms with Crippen LogP contribution in [-0.2, 0) is 12.7 Å². The molecular weight excluding hydrogens is 333 g/mol. The van der Waals surface area contributed by atoms with Crippen molar-refractivity contribution in [3.05, 3.63) is 35.4 Å². The number of anilines is 1. The second-order valence-corrected chi connectivity index (χ2v) is 5.65. The molecule has 25 heavy (non-hydrogen) atoms. The fourth-order valence-corrected chi connectivity index (χ4v) is 2.88. The molecule has 2 heterocycles. The highest BCUT2D eigenvalue weighted by Gasteiger charge is 2.32. The molecule has 0 saturated carbocycles. The van der Waals surface area contributed by atoms with Crippen molar-refractivity contribution in [2.24, 2.45) is 0 Å². The topological polar surface area (TPSA) is 63.0 Å². The number of hydrogen-bond donors (Lipinski definition) is 2. The number of imidazole rings is 1. The largest absolute Gasteiger partial charge is 0.507 e. The number of fused-ring (bicyclic) bond motifs is 1. The van der Waals surface area contributed by atoms with E-state index in [2.05, 4.69) is 15.3 Å². The number of aromatic hydroxyl groups is 1. The summed E-state index contributed by atoms with van der Waals surface area (Å²) in [6, 6.07) is 5.37. The fourth-order valence-electron chi connectivity index (χ4n) is 2.88. The van der Waals surface area contributed by atoms with Gasteiger partial charge in [0.05, 0.1) is 16.6 Å². The molecule has 8 heteroatoms. The number of alkyl halides is 3. The number of nitrogens with zero attached hydrogens (tertiary/aromatic N) is 3. The Labute approximate surface area is 142 Å². The number of hydrogen-bond acceptors (Lipinski definition) is 4. The maximum atomic E-state index is 12.9. The zero-order valence-electron chi connectivity index (χ0n) is 13.9. The third-order valence-corrected chi connectivity index (χ3v) is 4.05. The Kier molecular flexibility index (Phi) is 4.06. The van der Waals surface area contributed by atoms with Gasteiger partial charge in [0.2, 0.25) is 0 Å². The predicted octanol–water partition coefficient (Wildman–Crippen LogP) is 4.19. The van der Waals surface area contributed by atoms with Crippen molar-refractivity contribution in [1.29, 1.82) is 0 Å². The number of benzene rings is 1. The van der Waals surface area contributed by atoms with E-state index in [0.717, 1.165) is 17.6 Å². The first-order chi connectivity index (χ1) is 11.8. The molecule has 0 amide bonds. The number of rotatable bonds is 3. The van der Waals surface area contributed by atoms with E-state index >= 15 is 0 Å². The summed E-state index contributed by atoms with van der Waals surface area (Å²) < 4.78 is 40.6. The van der Waals surface area contributed by atoms with Crippen LogP contribution in [0.5, 0.6) is 5.75 Å². The first kappa shape index (κ1) is 17.1. The highest BCUT2D eigenvalue weighted by molar-refractivity contribution is 5.81. The third kappa shape index (κ3) is 2.88. The summed E-state index contributed by atoms with van der Waals surface area (Å²) in [6.07, 6.45) is -4.52. The molecule has 0 unspecified atom stereocenters. The Balaban J connectivity index is 2.26. The molecule has 0 saturated heterocycles. The molecule has 0 aliphatic heterocycles. The maximum absolute atomic E-state index is 12.9. The van der Waals surface area contributed by atoms with Gasteiger partial charge in [-0.25, -0.2) is 9.97 Å². The Hall–Kier alpha value is -2.77. The zero-order valence-corrected chi connectivity index (χ0v) is 13.9. The quantitative estimate of drug-likeness (QED) is 0.743. The third-order valence-electron chi connectivity index (χ3n) is 4.05. The van der Waals surface area contributed by atoms with Crippen LogP contribution in [0.3, 0.4) is 0 Å². The van der Waals surface area contributed by atoms with E-state index in [4.69, 9.17) is 0 Å². The van der Waals surface area contributed by atoms with Crippen LogP contribution in [-0.4, -0.2) is 26.7 Å². The SMILES string of the molecule is CCn1c(-c2c(C)cc(C(F)(F)F)cc2O)nc2nc(NC)ccc21. The average molecular weight is 350 g/mol. The Bertz CT molecular complexity index is 924. The van der Waals surface area contributed by atoms with Crippen LogP contribution in [0.25, 0.3) is 22.6 Å². The molecule has 3 rings (SSSR count). The molecule has 1 aromatic carbocycles. The van der Waals surface area contributed by atoms with E-state index in [-0.39, 0.29) is 5.56 Å². The lowest BCUT2D eigenvalue weighted by Gasteiger charge is -2.14. The van der Waals surface area contributed by atoms with Gasteiger partial charge in [-0.15, -0.1) is 0 Å². The van der Waals surface area contributed by atoms with E-state index < -0.39 is 17.5 Å². The van der Waals surface area contributed by atoms with Crippen molar-refractivity contribution in [1.82, 2.24) is 14.5 Å². The van der Waals surface area contributed by atoms with Crippen LogP contribution in [0, 0.1) is 6.92 Å². The van der Waals surface area contributed by atoms with Crippen LogP contribution in [0.2, 0.25) is 0 Å². The lowest BCUT2D eigenvalue weighted by molar-refractivity contribution is -0.137. The number of phenolic OH excluding ortho intramolecular Hbond substituents is 1. The van der Waals surface area contributed by atoms with Crippen molar-refractivity contribution in [2.45, 2.75) is 26.6 Å². The number of aromatic nitrogens is 3. The van der Waals surface area contributed by atoms with E-state index in [9.17, 15) is 18.3 Å². The molecular formula is C17H17F3N4O. The summed E-state index contributed by atoms with van der Waals surface area (Å²) in [6.45, 7) is 3.95. The maximum Gasteiger partial charge on any atom is 0.416 e. The Morgan fingerprint density at radius 3 is 2.48 bits per heavy atom. The van der Waals surface area contributed by atoms with E-state index in [1.54, 1.807) is 13.1 Å². The minimum Gasteiger partial charge on any atom is -0.507 e. The summed E-state index contributed by atoms with van der Waals surface area (Å²) in [5.41, 5.74) is 0.892. The van der Waals surface area contributed by atoms with Crippen molar-refractivity contribution >= 4 is 17.0 Å². The van der Waals surface area contributed by atoms with Gasteiger partial charge in [0.25, 0.3) is 0 Å². The summed E-state index contributed by atoms with van der Waals surface area (Å²) in [5, 5.41) is 13.2. The van der Waals surface area contributed by atoms with Crippen molar-refractivity contribution < 1.29 is 18.3 Å². The monoisotopic (exact) mass is 350 g/mol. The average Bonchev–Trinajstić information content (AvgIpc) is 2.90. The highest BCUT2D eigenvalue weighted by Crippen LogP contribution is 2.39. The van der Waals surface area contributed by atoms with Crippen molar-refractivity contribution in [3.8, 4) is 17.1 Å². The van der Waals surface area contributed by atoms with Crippen LogP contribution < -0.4 is 5.32 Å². The van der Waals surface area contributed by atoms with Crippen LogP contribution in [0.4, 0.5) is 19.0 Å². The van der Waals surface area contributed by atoms with Crippen molar-refractivity contribution in [3.63, 3.8) is 0 Å². The Morgan fingerprint density at radius 1 is 1.20 bits per heavy atom. The number of halogens is 3. The highest BCUT2D eigenvalue weighted by atomic mass is 19.4. The fraction of sp³-hybridized carbons (Fsp3) is 0.294. The summed E-state index contributed by atoms with van der Waals surface area (Å²) >= 11 is 0. The van der Waals surface area contributed by atoms with Gasteiger partial charge in [-0.1, -0.05) is 0 Å². The standard InChI is InChI=1S/C17H17F3N4O/c1-4-24-11-5-6-13(21-3)22-15(11)23-16(24)14-9(2)7-10(8-12(14)25)17(18,19)20/h5-8,25H,4H2,1-3H3,(H,21,22). The number of nitrogens with one attached hydrogen (secondary N) is 1. The van der Waals surface area contributed by atoms with Gasteiger partial charge in [-0.05, 0) is 43.7 Å². The molecule has 0 aliphatic carbocycles. The van der Waals surface area contributed by atoms with Gasteiger partial charge in [0, 0.05) is 13.6 Å². The number of aryl methyl sites for hydroxylation is 2. The van der Waals surface area contributed by atoms with Gasteiger partial charge in [-0.2, -0.15) is 13.2 Å².